The van der Waals surface area contributed by atoms with Crippen molar-refractivity contribution in [2.24, 2.45) is 0 Å². The number of carbonyl (C=O) groups excluding carboxylic acids is 1. The average Bonchev–Trinajstić information content (AvgIpc) is 2.18. The van der Waals surface area contributed by atoms with E-state index in [1.807, 2.05) is 0 Å². The summed E-state index contributed by atoms with van der Waals surface area (Å²) in [5.74, 6) is -0.890. The summed E-state index contributed by atoms with van der Waals surface area (Å²) in [6.07, 6.45) is 0. The van der Waals surface area contributed by atoms with Crippen LogP contribution in [0.4, 0.5) is 0 Å². The summed E-state index contributed by atoms with van der Waals surface area (Å²) in [5.41, 5.74) is -0.589. The number of Topliss-reactive ketones (excluding diaryl/α,β-unsaturated/α-hetero) is 1. The predicted molar refractivity (Wildman–Crippen MR) is 59.8 cm³/mol. The number of hydrogen-bond donors (Lipinski definition) is 1. The molecule has 14 heavy (non-hydrogen) atoms. The van der Waals surface area contributed by atoms with Gasteiger partial charge in [0.05, 0.1) is 10.0 Å². The molecule has 0 heterocycles. The van der Waals surface area contributed by atoms with Gasteiger partial charge in [0.25, 0.3) is 0 Å². The third-order valence-corrected chi connectivity index (χ3v) is 2.66. The van der Waals surface area contributed by atoms with Gasteiger partial charge < -0.3 is 5.11 Å². The Kier molecular flexibility index (Phi) is 3.44. The van der Waals surface area contributed by atoms with Crippen LogP contribution >= 0.6 is 31.9 Å². The van der Waals surface area contributed by atoms with E-state index in [0.29, 0.717) is 4.47 Å². The molecule has 5 heteroatoms. The molecule has 0 saturated heterocycles. The molecule has 0 atom stereocenters. The highest BCUT2D eigenvalue weighted by Gasteiger charge is 2.11. The molecule has 0 saturated carbocycles. The van der Waals surface area contributed by atoms with Gasteiger partial charge in [-0.15, -0.1) is 0 Å². The maximum atomic E-state index is 11.4. The molecule has 1 N–H and O–H groups in total. The van der Waals surface area contributed by atoms with Gasteiger partial charge in [-0.1, -0.05) is 15.9 Å². The molecule has 1 aromatic rings. The molecule has 0 aromatic heterocycles. The van der Waals surface area contributed by atoms with Crippen molar-refractivity contribution >= 4 is 37.6 Å². The van der Waals surface area contributed by atoms with Crippen LogP contribution in [0.25, 0.3) is 0 Å². The van der Waals surface area contributed by atoms with Crippen LogP contribution in [0.3, 0.4) is 0 Å². The van der Waals surface area contributed by atoms with Crippen molar-refractivity contribution in [2.45, 2.75) is 6.92 Å². The Morgan fingerprint density at radius 3 is 2.43 bits per heavy atom. The zero-order valence-electron chi connectivity index (χ0n) is 7.17. The van der Waals surface area contributed by atoms with Gasteiger partial charge >= 0.3 is 0 Å². The fourth-order valence-electron chi connectivity index (χ4n) is 0.938. The molecule has 1 aromatic carbocycles. The van der Waals surface area contributed by atoms with Crippen LogP contribution in [0.15, 0.2) is 25.9 Å². The molecule has 0 fully saturated rings. The van der Waals surface area contributed by atoms with Crippen molar-refractivity contribution < 1.29 is 9.90 Å². The number of aromatic hydroxyl groups is 1. The molecule has 0 bridgehead atoms. The van der Waals surface area contributed by atoms with Gasteiger partial charge in [0.1, 0.15) is 0 Å². The first-order valence-electron chi connectivity index (χ1n) is 3.66. The first kappa shape index (κ1) is 11.4. The Hall–Kier alpha value is -0.680. The van der Waals surface area contributed by atoms with Gasteiger partial charge in [-0.3, -0.25) is 9.59 Å². The van der Waals surface area contributed by atoms with Crippen LogP contribution < -0.4 is 5.43 Å². The van der Waals surface area contributed by atoms with E-state index in [1.165, 1.54) is 19.1 Å². The lowest BCUT2D eigenvalue weighted by Gasteiger charge is -1.92. The fourth-order valence-corrected chi connectivity index (χ4v) is 2.14. The van der Waals surface area contributed by atoms with Crippen molar-refractivity contribution in [3.8, 4) is 5.75 Å². The number of hydrogen-bond acceptors (Lipinski definition) is 3. The zero-order chi connectivity index (χ0) is 10.9. The highest BCUT2D eigenvalue weighted by atomic mass is 79.9. The predicted octanol–water partition coefficient (Wildman–Crippen LogP) is 2.48. The standard InChI is InChI=1S/C9H6Br2O3/c1-4(12)6-2-5(10)3-7(11)9(14)8(6)13/h2-3H,1H3,(H,13,14). The second-order valence-electron chi connectivity index (χ2n) is 2.67. The Bertz CT molecular complexity index is 455. The van der Waals surface area contributed by atoms with Crippen LogP contribution in [-0.4, -0.2) is 10.9 Å². The van der Waals surface area contributed by atoms with E-state index in [9.17, 15) is 14.7 Å². The van der Waals surface area contributed by atoms with Crippen molar-refractivity contribution in [1.82, 2.24) is 0 Å². The van der Waals surface area contributed by atoms with Gasteiger partial charge in [0, 0.05) is 4.47 Å². The van der Waals surface area contributed by atoms with Crippen LogP contribution in [0.5, 0.6) is 5.75 Å². The topological polar surface area (TPSA) is 54.4 Å². The summed E-state index contributed by atoms with van der Waals surface area (Å²) in [6, 6.07) is 2.89. The minimum absolute atomic E-state index is 0.00701. The molecule has 0 radical (unpaired) electrons. The van der Waals surface area contributed by atoms with Crippen molar-refractivity contribution in [1.29, 1.82) is 0 Å². The summed E-state index contributed by atoms with van der Waals surface area (Å²) in [7, 11) is 0. The molecule has 0 spiro atoms. The minimum atomic E-state index is -0.596. The van der Waals surface area contributed by atoms with Gasteiger partial charge in [0.15, 0.2) is 11.5 Å². The molecular weight excluding hydrogens is 316 g/mol. The summed E-state index contributed by atoms with van der Waals surface area (Å²) in [6.45, 7) is 1.29. The first-order valence-corrected chi connectivity index (χ1v) is 5.25. The summed E-state index contributed by atoms with van der Waals surface area (Å²) in [5, 5.41) is 9.45. The van der Waals surface area contributed by atoms with Crippen LogP contribution in [0, 0.1) is 0 Å². The van der Waals surface area contributed by atoms with Gasteiger partial charge in [-0.25, -0.2) is 0 Å². The largest absolute Gasteiger partial charge is 0.504 e. The van der Waals surface area contributed by atoms with E-state index in [1.54, 1.807) is 0 Å². The van der Waals surface area contributed by atoms with E-state index in [2.05, 4.69) is 31.9 Å². The fraction of sp³-hybridized carbons (Fsp3) is 0.111. The Balaban J connectivity index is 3.73. The van der Waals surface area contributed by atoms with Gasteiger partial charge in [0.2, 0.25) is 5.43 Å². The van der Waals surface area contributed by atoms with E-state index in [4.69, 9.17) is 0 Å². The molecule has 0 amide bonds. The molecule has 0 aliphatic carbocycles. The minimum Gasteiger partial charge on any atom is -0.504 e. The lowest BCUT2D eigenvalue weighted by atomic mass is 10.2. The SMILES string of the molecule is CC(=O)c1cc(Br)cc(Br)c(=O)c1O. The zero-order valence-corrected chi connectivity index (χ0v) is 10.3. The molecule has 1 rings (SSSR count). The average molecular weight is 322 g/mol. The molecule has 0 unspecified atom stereocenters. The molecule has 74 valence electrons. The second kappa shape index (κ2) is 4.23. The van der Waals surface area contributed by atoms with Crippen molar-refractivity contribution in [3.05, 3.63) is 36.9 Å². The second-order valence-corrected chi connectivity index (χ2v) is 4.44. The first-order chi connectivity index (χ1) is 6.43. The number of halogens is 2. The summed E-state index contributed by atoms with van der Waals surface area (Å²) in [4.78, 5) is 22.5. The molecule has 0 aliphatic rings. The number of carbonyl (C=O) groups is 1. The highest BCUT2D eigenvalue weighted by Crippen LogP contribution is 2.20. The Labute approximate surface area is 97.0 Å². The third-order valence-electron chi connectivity index (χ3n) is 1.61. The van der Waals surface area contributed by atoms with Gasteiger partial charge in [-0.05, 0) is 35.0 Å². The van der Waals surface area contributed by atoms with E-state index in [0.717, 1.165) is 0 Å². The van der Waals surface area contributed by atoms with Crippen LogP contribution in [0.1, 0.15) is 17.3 Å². The molecular formula is C9H6Br2O3. The lowest BCUT2D eigenvalue weighted by Crippen LogP contribution is -2.02. The summed E-state index contributed by atoms with van der Waals surface area (Å²) < 4.78 is 0.751. The Morgan fingerprint density at radius 1 is 1.36 bits per heavy atom. The summed E-state index contributed by atoms with van der Waals surface area (Å²) >= 11 is 6.14. The quantitative estimate of drug-likeness (QED) is 0.808. The third kappa shape index (κ3) is 2.22. The smallest absolute Gasteiger partial charge is 0.235 e. The lowest BCUT2D eigenvalue weighted by molar-refractivity contribution is 0.101. The number of rotatable bonds is 1. The van der Waals surface area contributed by atoms with E-state index in [-0.39, 0.29) is 15.8 Å². The highest BCUT2D eigenvalue weighted by molar-refractivity contribution is 9.11. The number of ketones is 1. The van der Waals surface area contributed by atoms with Crippen LogP contribution in [0.2, 0.25) is 0 Å². The van der Waals surface area contributed by atoms with Crippen molar-refractivity contribution in [2.75, 3.05) is 0 Å². The van der Waals surface area contributed by atoms with Crippen molar-refractivity contribution in [3.63, 3.8) is 0 Å². The van der Waals surface area contributed by atoms with Gasteiger partial charge in [-0.2, -0.15) is 0 Å². The van der Waals surface area contributed by atoms with E-state index < -0.39 is 11.2 Å². The van der Waals surface area contributed by atoms with E-state index >= 15 is 0 Å². The monoisotopic (exact) mass is 320 g/mol. The Morgan fingerprint density at radius 2 is 1.93 bits per heavy atom. The maximum Gasteiger partial charge on any atom is 0.235 e. The normalized spacial score (nSPS) is 9.93. The molecule has 3 nitrogen and oxygen atoms in total. The molecule has 0 aliphatic heterocycles. The van der Waals surface area contributed by atoms with Crippen LogP contribution in [-0.2, 0) is 0 Å². The maximum absolute atomic E-state index is 11.4.